The Morgan fingerprint density at radius 3 is 2.29 bits per heavy atom. The lowest BCUT2D eigenvalue weighted by Crippen LogP contribution is -1.91. The van der Waals surface area contributed by atoms with Gasteiger partial charge in [0.1, 0.15) is 0 Å². The molecule has 0 saturated heterocycles. The molecule has 0 amide bonds. The predicted octanol–water partition coefficient (Wildman–Crippen LogP) is 4.87. The van der Waals surface area contributed by atoms with Gasteiger partial charge >= 0.3 is 0 Å². The van der Waals surface area contributed by atoms with Gasteiger partial charge in [-0.05, 0) is 35.1 Å². The molecule has 2 rings (SSSR count). The monoisotopic (exact) mass is 224 g/mol. The van der Waals surface area contributed by atoms with Crippen LogP contribution in [0.1, 0.15) is 31.4 Å². The fourth-order valence-electron chi connectivity index (χ4n) is 2.28. The number of rotatable bonds is 4. The summed E-state index contributed by atoms with van der Waals surface area (Å²) in [6.07, 6.45) is 3.50. The van der Waals surface area contributed by atoms with Crippen LogP contribution in [-0.2, 0) is 12.8 Å². The van der Waals surface area contributed by atoms with E-state index in [4.69, 9.17) is 0 Å². The van der Waals surface area contributed by atoms with Gasteiger partial charge < -0.3 is 0 Å². The Hall–Kier alpha value is -1.56. The summed E-state index contributed by atoms with van der Waals surface area (Å²) >= 11 is 0. The van der Waals surface area contributed by atoms with Gasteiger partial charge in [0, 0.05) is 0 Å². The molecule has 0 aliphatic rings. The zero-order valence-electron chi connectivity index (χ0n) is 10.7. The van der Waals surface area contributed by atoms with Crippen molar-refractivity contribution in [2.45, 2.75) is 33.1 Å². The molecule has 0 fully saturated rings. The number of hydrogen-bond acceptors (Lipinski definition) is 0. The molecule has 2 aromatic carbocycles. The molecular formula is C17H20. The molecule has 0 aliphatic heterocycles. The van der Waals surface area contributed by atoms with Gasteiger partial charge in [0.2, 0.25) is 0 Å². The molecular weight excluding hydrogens is 204 g/mol. The van der Waals surface area contributed by atoms with Crippen molar-refractivity contribution >= 4 is 0 Å². The van der Waals surface area contributed by atoms with Crippen LogP contribution in [0.4, 0.5) is 0 Å². The summed E-state index contributed by atoms with van der Waals surface area (Å²) in [5, 5.41) is 0. The van der Waals surface area contributed by atoms with Crippen LogP contribution in [-0.4, -0.2) is 0 Å². The Balaban J connectivity index is 2.41. The first-order valence-corrected chi connectivity index (χ1v) is 6.52. The molecule has 2 aromatic rings. The molecule has 0 nitrogen and oxygen atoms in total. The van der Waals surface area contributed by atoms with Crippen molar-refractivity contribution in [2.24, 2.45) is 0 Å². The van der Waals surface area contributed by atoms with Crippen LogP contribution >= 0.6 is 0 Å². The Kier molecular flexibility index (Phi) is 3.98. The van der Waals surface area contributed by atoms with E-state index < -0.39 is 0 Å². The normalized spacial score (nSPS) is 10.5. The summed E-state index contributed by atoms with van der Waals surface area (Å²) in [5.74, 6) is 0. The van der Waals surface area contributed by atoms with E-state index in [1.54, 1.807) is 0 Å². The second-order valence-electron chi connectivity index (χ2n) is 4.46. The smallest absolute Gasteiger partial charge is 0.0152 e. The molecule has 0 aliphatic carbocycles. The summed E-state index contributed by atoms with van der Waals surface area (Å²) in [4.78, 5) is 0. The second kappa shape index (κ2) is 5.67. The minimum atomic E-state index is 1.10. The maximum absolute atomic E-state index is 2.37. The predicted molar refractivity (Wildman–Crippen MR) is 75.3 cm³/mol. The standard InChI is InChI=1S/C17H20/c1-3-8-14-11-12-17(15(4-2)13-14)16-9-6-5-7-10-16/h5-7,9-13H,3-4,8H2,1-2H3. The SMILES string of the molecule is CCCc1ccc(-c2ccccc2)c(CC)c1. The molecule has 88 valence electrons. The van der Waals surface area contributed by atoms with Crippen LogP contribution < -0.4 is 0 Å². The van der Waals surface area contributed by atoms with Crippen molar-refractivity contribution in [3.8, 4) is 11.1 Å². The van der Waals surface area contributed by atoms with Crippen molar-refractivity contribution in [3.63, 3.8) is 0 Å². The lowest BCUT2D eigenvalue weighted by atomic mass is 9.95. The fourth-order valence-corrected chi connectivity index (χ4v) is 2.28. The van der Waals surface area contributed by atoms with Crippen LogP contribution in [0, 0.1) is 0 Å². The van der Waals surface area contributed by atoms with Crippen molar-refractivity contribution < 1.29 is 0 Å². The molecule has 0 saturated carbocycles. The summed E-state index contributed by atoms with van der Waals surface area (Å²) in [7, 11) is 0. The van der Waals surface area contributed by atoms with Crippen LogP contribution in [0.5, 0.6) is 0 Å². The zero-order valence-corrected chi connectivity index (χ0v) is 10.7. The molecule has 0 spiro atoms. The first-order valence-electron chi connectivity index (χ1n) is 6.52. The van der Waals surface area contributed by atoms with Crippen molar-refractivity contribution in [1.82, 2.24) is 0 Å². The lowest BCUT2D eigenvalue weighted by Gasteiger charge is -2.10. The van der Waals surface area contributed by atoms with Crippen LogP contribution in [0.2, 0.25) is 0 Å². The average Bonchev–Trinajstić information content (AvgIpc) is 2.40. The highest BCUT2D eigenvalue weighted by Gasteiger charge is 2.04. The van der Waals surface area contributed by atoms with Gasteiger partial charge in [-0.15, -0.1) is 0 Å². The molecule has 0 heteroatoms. The van der Waals surface area contributed by atoms with Gasteiger partial charge in [-0.3, -0.25) is 0 Å². The quantitative estimate of drug-likeness (QED) is 0.695. The van der Waals surface area contributed by atoms with E-state index in [-0.39, 0.29) is 0 Å². The van der Waals surface area contributed by atoms with E-state index in [1.807, 2.05) is 0 Å². The largest absolute Gasteiger partial charge is 0.0651 e. The minimum absolute atomic E-state index is 1.10. The zero-order chi connectivity index (χ0) is 12.1. The molecule has 0 N–H and O–H groups in total. The highest BCUT2D eigenvalue weighted by molar-refractivity contribution is 5.67. The van der Waals surface area contributed by atoms with Crippen LogP contribution in [0.3, 0.4) is 0 Å². The maximum atomic E-state index is 2.37. The first-order chi connectivity index (χ1) is 8.35. The van der Waals surface area contributed by atoms with E-state index in [9.17, 15) is 0 Å². The van der Waals surface area contributed by atoms with Crippen LogP contribution in [0.25, 0.3) is 11.1 Å². The second-order valence-corrected chi connectivity index (χ2v) is 4.46. The van der Waals surface area contributed by atoms with Gasteiger partial charge in [-0.2, -0.15) is 0 Å². The highest BCUT2D eigenvalue weighted by Crippen LogP contribution is 2.25. The van der Waals surface area contributed by atoms with E-state index >= 15 is 0 Å². The summed E-state index contributed by atoms with van der Waals surface area (Å²) in [5.41, 5.74) is 5.63. The van der Waals surface area contributed by atoms with Gasteiger partial charge in [0.15, 0.2) is 0 Å². The third-order valence-corrected chi connectivity index (χ3v) is 3.17. The van der Waals surface area contributed by atoms with Crippen molar-refractivity contribution in [1.29, 1.82) is 0 Å². The molecule has 17 heavy (non-hydrogen) atoms. The highest BCUT2D eigenvalue weighted by atomic mass is 14.1. The molecule has 0 radical (unpaired) electrons. The Morgan fingerprint density at radius 2 is 1.65 bits per heavy atom. The third kappa shape index (κ3) is 2.76. The van der Waals surface area contributed by atoms with Gasteiger partial charge in [-0.25, -0.2) is 0 Å². The molecule has 0 aromatic heterocycles. The Labute approximate surface area is 104 Å². The Bertz CT molecular complexity index is 469. The third-order valence-electron chi connectivity index (χ3n) is 3.17. The number of benzene rings is 2. The van der Waals surface area contributed by atoms with Crippen molar-refractivity contribution in [3.05, 3.63) is 59.7 Å². The van der Waals surface area contributed by atoms with E-state index in [1.165, 1.54) is 35.1 Å². The summed E-state index contributed by atoms with van der Waals surface area (Å²) in [6, 6.07) is 17.6. The van der Waals surface area contributed by atoms with Gasteiger partial charge in [-0.1, -0.05) is 68.8 Å². The van der Waals surface area contributed by atoms with E-state index in [0.29, 0.717) is 0 Å². The minimum Gasteiger partial charge on any atom is -0.0651 e. The molecule has 0 heterocycles. The topological polar surface area (TPSA) is 0 Å². The maximum Gasteiger partial charge on any atom is -0.0152 e. The molecule has 0 atom stereocenters. The average molecular weight is 224 g/mol. The van der Waals surface area contributed by atoms with Gasteiger partial charge in [0.25, 0.3) is 0 Å². The lowest BCUT2D eigenvalue weighted by molar-refractivity contribution is 0.917. The summed E-state index contributed by atoms with van der Waals surface area (Å²) in [6.45, 7) is 4.47. The molecule has 0 unspecified atom stereocenters. The van der Waals surface area contributed by atoms with Crippen LogP contribution in [0.15, 0.2) is 48.5 Å². The number of aryl methyl sites for hydroxylation is 2. The van der Waals surface area contributed by atoms with Gasteiger partial charge in [0.05, 0.1) is 0 Å². The fraction of sp³-hybridized carbons (Fsp3) is 0.294. The first kappa shape index (κ1) is 11.9. The van der Waals surface area contributed by atoms with E-state index in [2.05, 4.69) is 62.4 Å². The van der Waals surface area contributed by atoms with Crippen molar-refractivity contribution in [2.75, 3.05) is 0 Å². The molecule has 0 bridgehead atoms. The number of hydrogen-bond donors (Lipinski definition) is 0. The summed E-state index contributed by atoms with van der Waals surface area (Å²) < 4.78 is 0. The Morgan fingerprint density at radius 1 is 0.882 bits per heavy atom. The van der Waals surface area contributed by atoms with E-state index in [0.717, 1.165) is 6.42 Å².